The normalized spacial score (nSPS) is 14.8. The van der Waals surface area contributed by atoms with Crippen LogP contribution in [0.2, 0.25) is 4.34 Å². The van der Waals surface area contributed by atoms with E-state index in [0.29, 0.717) is 0 Å². The second kappa shape index (κ2) is 6.37. The number of hydrogen-bond donors (Lipinski definition) is 1. The van der Waals surface area contributed by atoms with Gasteiger partial charge in [0.05, 0.1) is 11.4 Å². The van der Waals surface area contributed by atoms with Crippen molar-refractivity contribution in [1.29, 1.82) is 0 Å². The van der Waals surface area contributed by atoms with Crippen molar-refractivity contribution in [2.24, 2.45) is 0 Å². The Morgan fingerprint density at radius 3 is 2.70 bits per heavy atom. The lowest BCUT2D eigenvalue weighted by Gasteiger charge is -2.21. The summed E-state index contributed by atoms with van der Waals surface area (Å²) in [6, 6.07) is 10.6. The molecule has 2 nitrogen and oxygen atoms in total. The Morgan fingerprint density at radius 2 is 2.00 bits per heavy atom. The molecule has 1 fully saturated rings. The van der Waals surface area contributed by atoms with Gasteiger partial charge in [-0.15, -0.1) is 11.3 Å². The predicted molar refractivity (Wildman–Crippen MR) is 92.2 cm³/mol. The zero-order valence-electron chi connectivity index (χ0n) is 11.0. The number of rotatable bonds is 4. The van der Waals surface area contributed by atoms with Crippen molar-refractivity contribution in [3.8, 4) is 0 Å². The van der Waals surface area contributed by atoms with Crippen LogP contribution in [0, 0.1) is 0 Å². The van der Waals surface area contributed by atoms with Crippen LogP contribution in [0.15, 0.2) is 34.8 Å². The number of para-hydroxylation sites is 2. The monoisotopic (exact) mass is 370 g/mol. The smallest absolute Gasteiger partial charge is 0.107 e. The van der Waals surface area contributed by atoms with Gasteiger partial charge in [-0.2, -0.15) is 0 Å². The molecule has 3 rings (SSSR count). The Kier molecular flexibility index (Phi) is 4.54. The zero-order valence-corrected chi connectivity index (χ0v) is 14.2. The van der Waals surface area contributed by atoms with Gasteiger partial charge in [-0.1, -0.05) is 23.7 Å². The SMILES string of the molecule is Clc1sc(CNc2ccccc2N2CCCC2)cc1Br. The maximum Gasteiger partial charge on any atom is 0.107 e. The minimum Gasteiger partial charge on any atom is -0.378 e. The van der Waals surface area contributed by atoms with Gasteiger partial charge in [0.1, 0.15) is 4.34 Å². The maximum absolute atomic E-state index is 6.08. The summed E-state index contributed by atoms with van der Waals surface area (Å²) in [5.41, 5.74) is 2.52. The standard InChI is InChI=1S/C15H16BrClN2S/c16-12-9-11(20-15(12)17)10-18-13-5-1-2-6-14(13)19-7-3-4-8-19/h1-2,5-6,9,18H,3-4,7-8,10H2. The minimum atomic E-state index is 0.806. The molecule has 1 aliphatic rings. The highest BCUT2D eigenvalue weighted by molar-refractivity contribution is 9.10. The van der Waals surface area contributed by atoms with Crippen LogP contribution < -0.4 is 10.2 Å². The molecule has 0 unspecified atom stereocenters. The molecule has 1 saturated heterocycles. The molecule has 0 saturated carbocycles. The summed E-state index contributed by atoms with van der Waals surface area (Å²) in [4.78, 5) is 3.69. The lowest BCUT2D eigenvalue weighted by molar-refractivity contribution is 0.949. The topological polar surface area (TPSA) is 15.3 Å². The van der Waals surface area contributed by atoms with E-state index in [1.165, 1.54) is 29.1 Å². The average Bonchev–Trinajstić information content (AvgIpc) is 3.08. The number of nitrogens with zero attached hydrogens (tertiary/aromatic N) is 1. The molecule has 106 valence electrons. The minimum absolute atomic E-state index is 0.806. The molecule has 20 heavy (non-hydrogen) atoms. The molecular weight excluding hydrogens is 356 g/mol. The fourth-order valence-corrected chi connectivity index (χ4v) is 4.25. The molecule has 0 bridgehead atoms. The van der Waals surface area contributed by atoms with E-state index < -0.39 is 0 Å². The first-order chi connectivity index (χ1) is 9.74. The maximum atomic E-state index is 6.08. The molecule has 1 N–H and O–H groups in total. The van der Waals surface area contributed by atoms with Crippen LogP contribution in [0.5, 0.6) is 0 Å². The Morgan fingerprint density at radius 1 is 1.25 bits per heavy atom. The van der Waals surface area contributed by atoms with E-state index in [0.717, 1.165) is 28.4 Å². The highest BCUT2D eigenvalue weighted by Gasteiger charge is 2.15. The van der Waals surface area contributed by atoms with E-state index in [1.807, 2.05) is 0 Å². The van der Waals surface area contributed by atoms with Gasteiger partial charge in [0.25, 0.3) is 0 Å². The van der Waals surface area contributed by atoms with Crippen LogP contribution in [0.3, 0.4) is 0 Å². The van der Waals surface area contributed by atoms with Crippen molar-refractivity contribution in [2.75, 3.05) is 23.3 Å². The molecule has 2 aromatic rings. The summed E-state index contributed by atoms with van der Waals surface area (Å²) in [6.07, 6.45) is 2.59. The van der Waals surface area contributed by atoms with Gasteiger partial charge in [0.2, 0.25) is 0 Å². The zero-order chi connectivity index (χ0) is 13.9. The van der Waals surface area contributed by atoms with Crippen molar-refractivity contribution >= 4 is 50.2 Å². The summed E-state index contributed by atoms with van der Waals surface area (Å²) < 4.78 is 1.79. The number of hydrogen-bond acceptors (Lipinski definition) is 3. The Bertz CT molecular complexity index is 574. The first-order valence-corrected chi connectivity index (χ1v) is 8.74. The first-order valence-electron chi connectivity index (χ1n) is 6.75. The summed E-state index contributed by atoms with van der Waals surface area (Å²) in [5, 5.41) is 3.54. The van der Waals surface area contributed by atoms with Crippen molar-refractivity contribution in [2.45, 2.75) is 19.4 Å². The second-order valence-electron chi connectivity index (χ2n) is 4.90. The molecule has 0 amide bonds. The first kappa shape index (κ1) is 14.2. The van der Waals surface area contributed by atoms with E-state index in [9.17, 15) is 0 Å². The van der Waals surface area contributed by atoms with Crippen molar-refractivity contribution in [3.05, 3.63) is 44.0 Å². The second-order valence-corrected chi connectivity index (χ2v) is 7.49. The molecule has 1 aromatic heterocycles. The van der Waals surface area contributed by atoms with E-state index in [1.54, 1.807) is 11.3 Å². The van der Waals surface area contributed by atoms with Gasteiger partial charge in [0.15, 0.2) is 0 Å². The van der Waals surface area contributed by atoms with Gasteiger partial charge in [-0.3, -0.25) is 0 Å². The molecule has 1 aliphatic heterocycles. The Labute approximate surface area is 136 Å². The number of nitrogens with one attached hydrogen (secondary N) is 1. The molecule has 2 heterocycles. The quantitative estimate of drug-likeness (QED) is 0.776. The predicted octanol–water partition coefficient (Wildman–Crippen LogP) is 5.38. The van der Waals surface area contributed by atoms with E-state index >= 15 is 0 Å². The third kappa shape index (κ3) is 3.13. The molecule has 0 atom stereocenters. The van der Waals surface area contributed by atoms with Crippen LogP contribution in [-0.2, 0) is 6.54 Å². The molecule has 5 heteroatoms. The van der Waals surface area contributed by atoms with E-state index in [4.69, 9.17) is 11.6 Å². The van der Waals surface area contributed by atoms with Crippen LogP contribution >= 0.6 is 38.9 Å². The van der Waals surface area contributed by atoms with Crippen molar-refractivity contribution in [3.63, 3.8) is 0 Å². The van der Waals surface area contributed by atoms with Gasteiger partial charge < -0.3 is 10.2 Å². The third-order valence-electron chi connectivity index (χ3n) is 3.50. The van der Waals surface area contributed by atoms with Gasteiger partial charge in [0, 0.05) is 29.0 Å². The van der Waals surface area contributed by atoms with E-state index in [-0.39, 0.29) is 0 Å². The summed E-state index contributed by atoms with van der Waals surface area (Å²) in [5.74, 6) is 0. The Hall–Kier alpha value is -0.710. The molecule has 0 radical (unpaired) electrons. The van der Waals surface area contributed by atoms with Crippen LogP contribution in [0.4, 0.5) is 11.4 Å². The number of anilines is 2. The Balaban J connectivity index is 1.73. The highest BCUT2D eigenvalue weighted by Crippen LogP contribution is 2.33. The van der Waals surface area contributed by atoms with Crippen LogP contribution in [0.25, 0.3) is 0 Å². The highest BCUT2D eigenvalue weighted by atomic mass is 79.9. The average molecular weight is 372 g/mol. The fourth-order valence-electron chi connectivity index (χ4n) is 2.52. The van der Waals surface area contributed by atoms with Gasteiger partial charge in [-0.25, -0.2) is 0 Å². The van der Waals surface area contributed by atoms with Gasteiger partial charge in [-0.05, 0) is 47.0 Å². The number of thiophene rings is 1. The molecular formula is C15H16BrClN2S. The molecule has 0 spiro atoms. The van der Waals surface area contributed by atoms with Crippen molar-refractivity contribution < 1.29 is 0 Å². The summed E-state index contributed by atoms with van der Waals surface area (Å²) in [7, 11) is 0. The van der Waals surface area contributed by atoms with Crippen LogP contribution in [-0.4, -0.2) is 13.1 Å². The molecule has 0 aliphatic carbocycles. The van der Waals surface area contributed by atoms with Crippen molar-refractivity contribution in [1.82, 2.24) is 0 Å². The van der Waals surface area contributed by atoms with Crippen LogP contribution in [0.1, 0.15) is 17.7 Å². The third-order valence-corrected chi connectivity index (χ3v) is 5.97. The largest absolute Gasteiger partial charge is 0.378 e. The lowest BCUT2D eigenvalue weighted by Crippen LogP contribution is -2.19. The fraction of sp³-hybridized carbons (Fsp3) is 0.333. The lowest BCUT2D eigenvalue weighted by atomic mass is 10.2. The van der Waals surface area contributed by atoms with Gasteiger partial charge >= 0.3 is 0 Å². The molecule has 1 aromatic carbocycles. The number of halogens is 2. The summed E-state index contributed by atoms with van der Waals surface area (Å²) >= 11 is 11.1. The summed E-state index contributed by atoms with van der Waals surface area (Å²) in [6.45, 7) is 3.13. The van der Waals surface area contributed by atoms with E-state index in [2.05, 4.69) is 56.5 Å². The number of benzene rings is 1.